The Hall–Kier alpha value is -1.02. The molecule has 1 aromatic rings. The van der Waals surface area contributed by atoms with Gasteiger partial charge in [-0.25, -0.2) is 0 Å². The normalized spacial score (nSPS) is 20.7. The number of nitrogens with one attached hydrogen (secondary N) is 2. The molecule has 2 nitrogen and oxygen atoms in total. The monoisotopic (exact) mass is 244 g/mol. The van der Waals surface area contributed by atoms with E-state index in [2.05, 4.69) is 35.9 Å². The number of aryl methyl sites for hydroxylation is 1. The molecule has 0 radical (unpaired) electrons. The fraction of sp³-hybridized carbons (Fsp3) is 0.625. The van der Waals surface area contributed by atoms with Gasteiger partial charge >= 0.3 is 0 Å². The van der Waals surface area contributed by atoms with Gasteiger partial charge in [-0.05, 0) is 61.8 Å². The summed E-state index contributed by atoms with van der Waals surface area (Å²) < 4.78 is 0. The summed E-state index contributed by atoms with van der Waals surface area (Å²) in [4.78, 5) is 0. The van der Waals surface area contributed by atoms with E-state index < -0.39 is 0 Å². The Kier molecular flexibility index (Phi) is 3.29. The van der Waals surface area contributed by atoms with Crippen LogP contribution in [-0.2, 0) is 12.8 Å². The van der Waals surface area contributed by atoms with Crippen molar-refractivity contribution < 1.29 is 0 Å². The van der Waals surface area contributed by atoms with E-state index in [0.29, 0.717) is 5.41 Å². The standard InChI is InChI=1S/C16H24N2/c1-17-12-16(7-3-8-16)11-13-5-6-15-14(10-13)4-2-9-18-15/h5-6,10,17-18H,2-4,7-9,11-12H2,1H3. The molecule has 98 valence electrons. The maximum absolute atomic E-state index is 3.49. The minimum atomic E-state index is 0.547. The van der Waals surface area contributed by atoms with Crippen LogP contribution in [0.25, 0.3) is 0 Å². The van der Waals surface area contributed by atoms with Crippen LogP contribution in [0.1, 0.15) is 36.8 Å². The maximum Gasteiger partial charge on any atom is 0.0372 e. The number of hydrogen-bond donors (Lipinski definition) is 2. The molecule has 1 aliphatic heterocycles. The summed E-state index contributed by atoms with van der Waals surface area (Å²) in [6.07, 6.45) is 7.97. The summed E-state index contributed by atoms with van der Waals surface area (Å²) in [7, 11) is 2.08. The summed E-state index contributed by atoms with van der Waals surface area (Å²) in [5.41, 5.74) is 4.97. The lowest BCUT2D eigenvalue weighted by molar-refractivity contribution is 0.133. The first-order valence-corrected chi connectivity index (χ1v) is 7.32. The van der Waals surface area contributed by atoms with Gasteiger partial charge in [-0.15, -0.1) is 0 Å². The number of fused-ring (bicyclic) bond motifs is 1. The molecule has 3 rings (SSSR count). The van der Waals surface area contributed by atoms with Gasteiger partial charge in [0.1, 0.15) is 0 Å². The fourth-order valence-electron chi connectivity index (χ4n) is 3.54. The van der Waals surface area contributed by atoms with Gasteiger partial charge in [-0.2, -0.15) is 0 Å². The van der Waals surface area contributed by atoms with Gasteiger partial charge in [-0.3, -0.25) is 0 Å². The molecule has 2 heteroatoms. The Morgan fingerprint density at radius 2 is 2.17 bits per heavy atom. The van der Waals surface area contributed by atoms with Gasteiger partial charge < -0.3 is 10.6 Å². The molecular weight excluding hydrogens is 220 g/mol. The predicted molar refractivity (Wildman–Crippen MR) is 77.2 cm³/mol. The molecule has 1 saturated carbocycles. The molecule has 0 atom stereocenters. The summed E-state index contributed by atoms with van der Waals surface area (Å²) in [6, 6.07) is 7.06. The van der Waals surface area contributed by atoms with Crippen molar-refractivity contribution in [1.29, 1.82) is 0 Å². The maximum atomic E-state index is 3.49. The van der Waals surface area contributed by atoms with E-state index in [9.17, 15) is 0 Å². The summed E-state index contributed by atoms with van der Waals surface area (Å²) in [5.74, 6) is 0. The summed E-state index contributed by atoms with van der Waals surface area (Å²) >= 11 is 0. The van der Waals surface area contributed by atoms with E-state index in [1.165, 1.54) is 61.9 Å². The molecule has 0 unspecified atom stereocenters. The lowest BCUT2D eigenvalue weighted by Crippen LogP contribution is -2.40. The van der Waals surface area contributed by atoms with Crippen molar-refractivity contribution in [2.45, 2.75) is 38.5 Å². The number of benzene rings is 1. The zero-order valence-corrected chi connectivity index (χ0v) is 11.4. The molecule has 1 aromatic carbocycles. The molecule has 1 aliphatic carbocycles. The van der Waals surface area contributed by atoms with Crippen LogP contribution < -0.4 is 10.6 Å². The average molecular weight is 244 g/mol. The van der Waals surface area contributed by atoms with E-state index >= 15 is 0 Å². The van der Waals surface area contributed by atoms with Crippen molar-refractivity contribution in [2.75, 3.05) is 25.5 Å². The minimum Gasteiger partial charge on any atom is -0.385 e. The van der Waals surface area contributed by atoms with E-state index in [1.54, 1.807) is 0 Å². The molecule has 0 saturated heterocycles. The van der Waals surface area contributed by atoms with E-state index in [-0.39, 0.29) is 0 Å². The second-order valence-electron chi connectivity index (χ2n) is 6.08. The van der Waals surface area contributed by atoms with Crippen LogP contribution in [0.3, 0.4) is 0 Å². The molecule has 2 N–H and O–H groups in total. The third kappa shape index (κ3) is 2.26. The van der Waals surface area contributed by atoms with Gasteiger partial charge in [0.15, 0.2) is 0 Å². The third-order valence-corrected chi connectivity index (χ3v) is 4.65. The molecule has 0 amide bonds. The summed E-state index contributed by atoms with van der Waals surface area (Å²) in [5, 5.41) is 6.87. The third-order valence-electron chi connectivity index (χ3n) is 4.65. The van der Waals surface area contributed by atoms with Crippen molar-refractivity contribution in [2.24, 2.45) is 5.41 Å². The molecule has 0 bridgehead atoms. The summed E-state index contributed by atoms with van der Waals surface area (Å²) in [6.45, 7) is 2.30. The van der Waals surface area contributed by atoms with E-state index in [1.807, 2.05) is 0 Å². The van der Waals surface area contributed by atoms with Crippen molar-refractivity contribution in [3.05, 3.63) is 29.3 Å². The molecular formula is C16H24N2. The Balaban J connectivity index is 1.76. The molecule has 1 heterocycles. The largest absolute Gasteiger partial charge is 0.385 e. The molecule has 1 fully saturated rings. The Bertz CT molecular complexity index is 421. The van der Waals surface area contributed by atoms with E-state index in [4.69, 9.17) is 0 Å². The highest BCUT2D eigenvalue weighted by Crippen LogP contribution is 2.43. The second kappa shape index (κ2) is 4.93. The van der Waals surface area contributed by atoms with E-state index in [0.717, 1.165) is 6.54 Å². The van der Waals surface area contributed by atoms with Crippen LogP contribution in [0, 0.1) is 5.41 Å². The van der Waals surface area contributed by atoms with Crippen LogP contribution in [0.5, 0.6) is 0 Å². The lowest BCUT2D eigenvalue weighted by Gasteiger charge is -2.42. The Morgan fingerprint density at radius 3 is 2.89 bits per heavy atom. The lowest BCUT2D eigenvalue weighted by atomic mass is 9.65. The highest BCUT2D eigenvalue weighted by molar-refractivity contribution is 5.54. The zero-order valence-electron chi connectivity index (χ0n) is 11.4. The van der Waals surface area contributed by atoms with Gasteiger partial charge in [-0.1, -0.05) is 18.6 Å². The number of rotatable bonds is 4. The van der Waals surface area contributed by atoms with Crippen LogP contribution in [0.2, 0.25) is 0 Å². The van der Waals surface area contributed by atoms with Crippen LogP contribution in [0.15, 0.2) is 18.2 Å². The highest BCUT2D eigenvalue weighted by Gasteiger charge is 2.36. The van der Waals surface area contributed by atoms with Crippen molar-refractivity contribution in [3.63, 3.8) is 0 Å². The van der Waals surface area contributed by atoms with Gasteiger partial charge in [0.05, 0.1) is 0 Å². The second-order valence-corrected chi connectivity index (χ2v) is 6.08. The molecule has 0 spiro atoms. The van der Waals surface area contributed by atoms with Gasteiger partial charge in [0, 0.05) is 18.8 Å². The molecule has 2 aliphatic rings. The number of anilines is 1. The van der Waals surface area contributed by atoms with Crippen molar-refractivity contribution >= 4 is 5.69 Å². The fourth-order valence-corrected chi connectivity index (χ4v) is 3.54. The topological polar surface area (TPSA) is 24.1 Å². The van der Waals surface area contributed by atoms with Crippen molar-refractivity contribution in [3.8, 4) is 0 Å². The average Bonchev–Trinajstić information content (AvgIpc) is 2.36. The minimum absolute atomic E-state index is 0.547. The predicted octanol–water partition coefficient (Wildman–Crippen LogP) is 2.98. The van der Waals surface area contributed by atoms with Crippen molar-refractivity contribution in [1.82, 2.24) is 5.32 Å². The smallest absolute Gasteiger partial charge is 0.0372 e. The van der Waals surface area contributed by atoms with Crippen LogP contribution >= 0.6 is 0 Å². The first-order valence-electron chi connectivity index (χ1n) is 7.32. The first-order chi connectivity index (χ1) is 8.81. The van der Waals surface area contributed by atoms with Crippen LogP contribution in [-0.4, -0.2) is 20.1 Å². The Labute approximate surface area is 110 Å². The van der Waals surface area contributed by atoms with Gasteiger partial charge in [0.2, 0.25) is 0 Å². The van der Waals surface area contributed by atoms with Crippen LogP contribution in [0.4, 0.5) is 5.69 Å². The van der Waals surface area contributed by atoms with Gasteiger partial charge in [0.25, 0.3) is 0 Å². The quantitative estimate of drug-likeness (QED) is 0.851. The molecule has 0 aromatic heterocycles. The highest BCUT2D eigenvalue weighted by atomic mass is 14.9. The SMILES string of the molecule is CNCC1(Cc2ccc3c(c2)CCCN3)CCC1. The Morgan fingerprint density at radius 1 is 1.28 bits per heavy atom. The first kappa shape index (κ1) is 12.0. The zero-order chi connectivity index (χ0) is 12.4. The molecule has 18 heavy (non-hydrogen) atoms. The number of hydrogen-bond acceptors (Lipinski definition) is 2.